The summed E-state index contributed by atoms with van der Waals surface area (Å²) < 4.78 is 5.45. The summed E-state index contributed by atoms with van der Waals surface area (Å²) >= 11 is 1.27. The molecule has 0 bridgehead atoms. The van der Waals surface area contributed by atoms with Crippen LogP contribution in [0.4, 0.5) is 0 Å². The number of hydrogen-bond acceptors (Lipinski definition) is 9. The third-order valence-corrected chi connectivity index (χ3v) is 6.27. The van der Waals surface area contributed by atoms with Gasteiger partial charge in [-0.1, -0.05) is 23.5 Å². The third-order valence-electron chi connectivity index (χ3n) is 5.32. The van der Waals surface area contributed by atoms with E-state index in [1.54, 1.807) is 42.9 Å². The molecule has 0 fully saturated rings. The van der Waals surface area contributed by atoms with E-state index >= 15 is 0 Å². The Morgan fingerprint density at radius 3 is 2.60 bits per heavy atom. The third kappa shape index (κ3) is 4.05. The van der Waals surface area contributed by atoms with Crippen LogP contribution in [0.2, 0.25) is 0 Å². The van der Waals surface area contributed by atoms with E-state index < -0.39 is 5.91 Å². The van der Waals surface area contributed by atoms with Crippen molar-refractivity contribution in [2.45, 2.75) is 6.92 Å². The number of nitrogens with zero attached hydrogens (tertiary/aromatic N) is 6. The first-order valence-corrected chi connectivity index (χ1v) is 11.2. The number of hydrogen-bond donors (Lipinski definition) is 1. The number of primary amides is 1. The average Bonchev–Trinajstić information content (AvgIpc) is 3.31. The molecule has 1 aromatic carbocycles. The molecule has 0 unspecified atom stereocenters. The van der Waals surface area contributed by atoms with Crippen LogP contribution in [-0.2, 0) is 0 Å². The standard InChI is InChI=1S/C25H17N7O2S/c1-13-9-17(16-7-8-28-12-19(16)34-2)20(22(27)33)21(30-13)24-32-23-25(35-24)31-18(11-29-23)15-5-3-14(10-26)4-6-15/h3-9,11-12H,1-2H3,(H2,27,33). The van der Waals surface area contributed by atoms with Crippen LogP contribution in [0.1, 0.15) is 21.6 Å². The molecule has 35 heavy (non-hydrogen) atoms. The summed E-state index contributed by atoms with van der Waals surface area (Å²) in [6, 6.07) is 12.7. The second-order valence-corrected chi connectivity index (χ2v) is 8.54. The van der Waals surface area contributed by atoms with Gasteiger partial charge in [-0.15, -0.1) is 0 Å². The predicted octanol–water partition coefficient (Wildman–Crippen LogP) is 4.16. The number of carbonyl (C=O) groups is 1. The quantitative estimate of drug-likeness (QED) is 0.396. The molecule has 2 N–H and O–H groups in total. The van der Waals surface area contributed by atoms with Crippen LogP contribution in [-0.4, -0.2) is 37.9 Å². The normalized spacial score (nSPS) is 10.8. The van der Waals surface area contributed by atoms with Gasteiger partial charge in [0.1, 0.15) is 16.5 Å². The topological polar surface area (TPSA) is 141 Å². The lowest BCUT2D eigenvalue weighted by molar-refractivity contribution is 0.100. The van der Waals surface area contributed by atoms with Crippen molar-refractivity contribution in [3.63, 3.8) is 0 Å². The van der Waals surface area contributed by atoms with Gasteiger partial charge in [-0.25, -0.2) is 19.9 Å². The zero-order chi connectivity index (χ0) is 24.5. The molecule has 0 radical (unpaired) electrons. The van der Waals surface area contributed by atoms with E-state index in [2.05, 4.69) is 26.0 Å². The molecule has 0 aliphatic carbocycles. The highest BCUT2D eigenvalue weighted by molar-refractivity contribution is 7.21. The van der Waals surface area contributed by atoms with Gasteiger partial charge in [-0.2, -0.15) is 5.26 Å². The number of rotatable bonds is 5. The Kier molecular flexibility index (Phi) is 5.60. The second kappa shape index (κ2) is 8.89. The Hall–Kier alpha value is -4.75. The molecular formula is C25H17N7O2S. The molecule has 0 atom stereocenters. The van der Waals surface area contributed by atoms with Crippen molar-refractivity contribution in [3.05, 3.63) is 71.8 Å². The van der Waals surface area contributed by atoms with E-state index in [1.807, 2.05) is 19.1 Å². The number of aromatic nitrogens is 5. The van der Waals surface area contributed by atoms with E-state index in [0.717, 1.165) is 5.56 Å². The van der Waals surface area contributed by atoms with E-state index in [1.165, 1.54) is 18.4 Å². The maximum atomic E-state index is 12.7. The number of fused-ring (bicyclic) bond motifs is 1. The van der Waals surface area contributed by atoms with Gasteiger partial charge in [0.2, 0.25) is 0 Å². The minimum atomic E-state index is -0.639. The van der Waals surface area contributed by atoms with E-state index in [4.69, 9.17) is 20.7 Å². The van der Waals surface area contributed by atoms with Gasteiger partial charge < -0.3 is 10.5 Å². The number of aryl methyl sites for hydroxylation is 1. The van der Waals surface area contributed by atoms with Crippen molar-refractivity contribution in [2.75, 3.05) is 7.11 Å². The maximum Gasteiger partial charge on any atom is 0.251 e. The Bertz CT molecular complexity index is 1640. The first-order chi connectivity index (χ1) is 17.0. The van der Waals surface area contributed by atoms with Gasteiger partial charge in [0.05, 0.1) is 42.4 Å². The van der Waals surface area contributed by atoms with Crippen LogP contribution in [0.25, 0.3) is 43.6 Å². The number of amides is 1. The minimum absolute atomic E-state index is 0.228. The van der Waals surface area contributed by atoms with Crippen LogP contribution in [0.15, 0.2) is 55.0 Å². The van der Waals surface area contributed by atoms with Gasteiger partial charge in [-0.05, 0) is 31.2 Å². The van der Waals surface area contributed by atoms with Crippen LogP contribution in [0, 0.1) is 18.3 Å². The number of carbonyl (C=O) groups excluding carboxylic acids is 1. The number of benzene rings is 1. The Labute approximate surface area is 203 Å². The fourth-order valence-electron chi connectivity index (χ4n) is 3.73. The van der Waals surface area contributed by atoms with Crippen molar-refractivity contribution in [1.82, 2.24) is 24.9 Å². The Morgan fingerprint density at radius 1 is 1.09 bits per heavy atom. The van der Waals surface area contributed by atoms with E-state index in [0.29, 0.717) is 55.0 Å². The van der Waals surface area contributed by atoms with Crippen LogP contribution in [0.3, 0.4) is 0 Å². The van der Waals surface area contributed by atoms with Crippen molar-refractivity contribution in [1.29, 1.82) is 5.26 Å². The summed E-state index contributed by atoms with van der Waals surface area (Å²) in [4.78, 5) is 35.7. The molecule has 0 aliphatic heterocycles. The molecule has 5 rings (SSSR count). The number of nitriles is 1. The molecule has 0 spiro atoms. The van der Waals surface area contributed by atoms with Gasteiger partial charge in [0.15, 0.2) is 10.5 Å². The van der Waals surface area contributed by atoms with Crippen LogP contribution >= 0.6 is 11.3 Å². The molecule has 170 valence electrons. The lowest BCUT2D eigenvalue weighted by atomic mass is 9.97. The van der Waals surface area contributed by atoms with Crippen molar-refractivity contribution in [3.8, 4) is 44.9 Å². The van der Waals surface area contributed by atoms with Crippen molar-refractivity contribution in [2.24, 2.45) is 5.73 Å². The molecule has 4 heterocycles. The zero-order valence-electron chi connectivity index (χ0n) is 18.7. The van der Waals surface area contributed by atoms with Crippen molar-refractivity contribution < 1.29 is 9.53 Å². The highest BCUT2D eigenvalue weighted by Crippen LogP contribution is 2.38. The number of pyridine rings is 2. The minimum Gasteiger partial charge on any atom is -0.494 e. The van der Waals surface area contributed by atoms with Gasteiger partial charge in [0, 0.05) is 28.6 Å². The first-order valence-electron chi connectivity index (χ1n) is 10.4. The smallest absolute Gasteiger partial charge is 0.251 e. The summed E-state index contributed by atoms with van der Waals surface area (Å²) in [5.74, 6) is -0.133. The summed E-state index contributed by atoms with van der Waals surface area (Å²) in [6.07, 6.45) is 4.82. The zero-order valence-corrected chi connectivity index (χ0v) is 19.5. The molecule has 0 aliphatic rings. The molecule has 0 saturated heterocycles. The number of methoxy groups -OCH3 is 1. The highest BCUT2D eigenvalue weighted by Gasteiger charge is 2.24. The molecule has 0 saturated carbocycles. The summed E-state index contributed by atoms with van der Waals surface area (Å²) in [5, 5.41) is 9.50. The fourth-order valence-corrected chi connectivity index (χ4v) is 4.63. The van der Waals surface area contributed by atoms with Crippen molar-refractivity contribution >= 4 is 27.7 Å². The molecule has 4 aromatic heterocycles. The van der Waals surface area contributed by atoms with Gasteiger partial charge in [-0.3, -0.25) is 9.78 Å². The lowest BCUT2D eigenvalue weighted by Crippen LogP contribution is -2.15. The summed E-state index contributed by atoms with van der Waals surface area (Å²) in [5.41, 5.74) is 10.8. The highest BCUT2D eigenvalue weighted by atomic mass is 32.1. The second-order valence-electron chi connectivity index (χ2n) is 7.57. The first kappa shape index (κ1) is 22.1. The molecule has 10 heteroatoms. The molecule has 5 aromatic rings. The largest absolute Gasteiger partial charge is 0.494 e. The van der Waals surface area contributed by atoms with E-state index in [-0.39, 0.29) is 5.56 Å². The summed E-state index contributed by atoms with van der Waals surface area (Å²) in [6.45, 7) is 1.83. The fraction of sp³-hybridized carbons (Fsp3) is 0.0800. The molecular weight excluding hydrogens is 462 g/mol. The number of ether oxygens (including phenoxy) is 1. The van der Waals surface area contributed by atoms with E-state index in [9.17, 15) is 4.79 Å². The molecule has 1 amide bonds. The van der Waals surface area contributed by atoms with Crippen LogP contribution in [0.5, 0.6) is 5.75 Å². The monoisotopic (exact) mass is 479 g/mol. The Balaban J connectivity index is 1.67. The Morgan fingerprint density at radius 2 is 1.89 bits per heavy atom. The maximum absolute atomic E-state index is 12.7. The van der Waals surface area contributed by atoms with Crippen LogP contribution < -0.4 is 10.5 Å². The van der Waals surface area contributed by atoms with Gasteiger partial charge >= 0.3 is 0 Å². The predicted molar refractivity (Wildman–Crippen MR) is 132 cm³/mol. The number of nitrogens with two attached hydrogens (primary N) is 1. The number of thiazole rings is 1. The SMILES string of the molecule is COc1cnccc1-c1cc(C)nc(-c2nc3ncc(-c4ccc(C#N)cc4)nc3s2)c1C(N)=O. The van der Waals surface area contributed by atoms with Gasteiger partial charge in [0.25, 0.3) is 5.91 Å². The lowest BCUT2D eigenvalue weighted by Gasteiger charge is -2.14. The molecule has 9 nitrogen and oxygen atoms in total. The average molecular weight is 480 g/mol. The summed E-state index contributed by atoms with van der Waals surface area (Å²) in [7, 11) is 1.54.